The molecule has 0 spiro atoms. The molecule has 2 N–H and O–H groups in total. The number of amides is 2. The van der Waals surface area contributed by atoms with Crippen LogP contribution in [0.15, 0.2) is 35.5 Å². The predicted octanol–water partition coefficient (Wildman–Crippen LogP) is 1.69. The molecule has 2 heterocycles. The van der Waals surface area contributed by atoms with Crippen molar-refractivity contribution in [3.8, 4) is 11.4 Å². The summed E-state index contributed by atoms with van der Waals surface area (Å²) in [5.41, 5.74) is 6.35. The van der Waals surface area contributed by atoms with Gasteiger partial charge in [0, 0.05) is 43.8 Å². The third kappa shape index (κ3) is 4.24. The lowest BCUT2D eigenvalue weighted by molar-refractivity contribution is -0.134. The van der Waals surface area contributed by atoms with Crippen molar-refractivity contribution >= 4 is 23.6 Å². The zero-order valence-corrected chi connectivity index (χ0v) is 15.6. The lowest BCUT2D eigenvalue weighted by Crippen LogP contribution is -2.41. The lowest BCUT2D eigenvalue weighted by atomic mass is 9.96. The molecular weight excluding hydrogens is 350 g/mol. The van der Waals surface area contributed by atoms with E-state index < -0.39 is 0 Å². The Morgan fingerprint density at radius 1 is 1.19 bits per heavy atom. The summed E-state index contributed by atoms with van der Waals surface area (Å²) >= 11 is 1.53. The fourth-order valence-electron chi connectivity index (χ4n) is 3.08. The normalized spacial score (nSPS) is 15.2. The molecule has 1 aliphatic rings. The van der Waals surface area contributed by atoms with E-state index in [0.29, 0.717) is 38.1 Å². The molecule has 1 fully saturated rings. The average molecular weight is 373 g/mol. The van der Waals surface area contributed by atoms with Gasteiger partial charge in [-0.3, -0.25) is 9.59 Å². The average Bonchev–Trinajstić information content (AvgIpc) is 3.03. The monoisotopic (exact) mass is 373 g/mol. The summed E-state index contributed by atoms with van der Waals surface area (Å²) in [4.78, 5) is 25.4. The van der Waals surface area contributed by atoms with Crippen molar-refractivity contribution in [3.05, 3.63) is 30.3 Å². The molecule has 3 rings (SSSR count). The van der Waals surface area contributed by atoms with Crippen molar-refractivity contribution in [3.63, 3.8) is 0 Å². The number of carbonyl (C=O) groups is 2. The topological polar surface area (TPSA) is 94.1 Å². The smallest absolute Gasteiger partial charge is 0.223 e. The number of nitrogens with zero attached hydrogens (tertiary/aromatic N) is 4. The molecule has 1 aliphatic heterocycles. The number of hydrogen-bond acceptors (Lipinski definition) is 5. The highest BCUT2D eigenvalue weighted by Gasteiger charge is 2.25. The first kappa shape index (κ1) is 18.4. The number of benzene rings is 1. The second-order valence-corrected chi connectivity index (χ2v) is 7.45. The molecule has 0 unspecified atom stereocenters. The minimum atomic E-state index is -0.260. The van der Waals surface area contributed by atoms with Gasteiger partial charge in [-0.15, -0.1) is 10.2 Å². The highest BCUT2D eigenvalue weighted by Crippen LogP contribution is 2.23. The van der Waals surface area contributed by atoms with Crippen LogP contribution in [0, 0.1) is 5.92 Å². The summed E-state index contributed by atoms with van der Waals surface area (Å²) in [5, 5.41) is 9.28. The van der Waals surface area contributed by atoms with Gasteiger partial charge in [0.15, 0.2) is 11.0 Å². The Kier molecular flexibility index (Phi) is 5.92. The Morgan fingerprint density at radius 3 is 2.54 bits per heavy atom. The fraction of sp³-hybridized carbons (Fsp3) is 0.444. The number of carbonyl (C=O) groups excluding carboxylic acids is 2. The summed E-state index contributed by atoms with van der Waals surface area (Å²) in [6, 6.07) is 9.90. The summed E-state index contributed by atoms with van der Waals surface area (Å²) in [6.45, 7) is 1.22. The van der Waals surface area contributed by atoms with Crippen molar-refractivity contribution in [2.75, 3.05) is 18.8 Å². The maximum atomic E-state index is 12.3. The first-order valence-electron chi connectivity index (χ1n) is 8.71. The summed E-state index contributed by atoms with van der Waals surface area (Å²) < 4.78 is 1.95. The van der Waals surface area contributed by atoms with Gasteiger partial charge < -0.3 is 15.2 Å². The molecule has 0 saturated carbocycles. The number of piperidine rings is 1. The molecule has 8 heteroatoms. The van der Waals surface area contributed by atoms with E-state index in [1.807, 2.05) is 46.8 Å². The first-order valence-corrected chi connectivity index (χ1v) is 9.69. The van der Waals surface area contributed by atoms with E-state index in [2.05, 4.69) is 10.2 Å². The van der Waals surface area contributed by atoms with Gasteiger partial charge in [0.05, 0.1) is 0 Å². The van der Waals surface area contributed by atoms with Gasteiger partial charge in [0.1, 0.15) is 0 Å². The quantitative estimate of drug-likeness (QED) is 0.778. The molecule has 138 valence electrons. The number of nitrogens with two attached hydrogens (primary N) is 1. The number of likely N-dealkylation sites (tertiary alicyclic amines) is 1. The van der Waals surface area contributed by atoms with Crippen molar-refractivity contribution in [1.82, 2.24) is 19.7 Å². The molecule has 1 saturated heterocycles. The van der Waals surface area contributed by atoms with Crippen LogP contribution in [0.3, 0.4) is 0 Å². The van der Waals surface area contributed by atoms with Crippen LogP contribution in [-0.2, 0) is 16.6 Å². The number of hydrogen-bond donors (Lipinski definition) is 1. The standard InChI is InChI=1S/C18H23N5O2S/c1-22-17(14-5-3-2-4-6-14)20-21-18(22)26-12-9-15(24)23-10-7-13(8-11-23)16(19)25/h2-6,13H,7-12H2,1H3,(H2,19,25). The van der Waals surface area contributed by atoms with Gasteiger partial charge in [0.2, 0.25) is 11.8 Å². The number of rotatable bonds is 6. The Labute approximate surface area is 157 Å². The predicted molar refractivity (Wildman–Crippen MR) is 100 cm³/mol. The van der Waals surface area contributed by atoms with E-state index in [4.69, 9.17) is 5.73 Å². The van der Waals surface area contributed by atoms with E-state index in [1.54, 1.807) is 0 Å². The summed E-state index contributed by atoms with van der Waals surface area (Å²) in [6.07, 6.45) is 1.77. The zero-order valence-electron chi connectivity index (χ0n) is 14.8. The molecule has 0 atom stereocenters. The van der Waals surface area contributed by atoms with Crippen molar-refractivity contribution < 1.29 is 9.59 Å². The molecule has 26 heavy (non-hydrogen) atoms. The van der Waals surface area contributed by atoms with E-state index in [-0.39, 0.29) is 17.7 Å². The minimum Gasteiger partial charge on any atom is -0.369 e. The van der Waals surface area contributed by atoms with E-state index in [9.17, 15) is 9.59 Å². The van der Waals surface area contributed by atoms with Crippen LogP contribution < -0.4 is 5.73 Å². The number of thioether (sulfide) groups is 1. The van der Waals surface area contributed by atoms with E-state index >= 15 is 0 Å². The molecule has 0 aliphatic carbocycles. The maximum absolute atomic E-state index is 12.3. The van der Waals surface area contributed by atoms with Crippen LogP contribution in [0.5, 0.6) is 0 Å². The van der Waals surface area contributed by atoms with Gasteiger partial charge in [-0.1, -0.05) is 42.1 Å². The summed E-state index contributed by atoms with van der Waals surface area (Å²) in [5.74, 6) is 1.22. The van der Waals surface area contributed by atoms with Crippen LogP contribution in [0.4, 0.5) is 0 Å². The fourth-order valence-corrected chi connectivity index (χ4v) is 3.92. The van der Waals surface area contributed by atoms with E-state index in [0.717, 1.165) is 16.5 Å². The number of primary amides is 1. The van der Waals surface area contributed by atoms with E-state index in [1.165, 1.54) is 11.8 Å². The Bertz CT molecular complexity index is 769. The molecule has 1 aromatic carbocycles. The molecule has 7 nitrogen and oxygen atoms in total. The second kappa shape index (κ2) is 8.35. The SMILES string of the molecule is Cn1c(SCCC(=O)N2CCC(C(N)=O)CC2)nnc1-c1ccccc1. The lowest BCUT2D eigenvalue weighted by Gasteiger charge is -2.30. The minimum absolute atomic E-state index is 0.0940. The Hall–Kier alpha value is -2.35. The van der Waals surface area contributed by atoms with Gasteiger partial charge in [-0.25, -0.2) is 0 Å². The maximum Gasteiger partial charge on any atom is 0.223 e. The Morgan fingerprint density at radius 2 is 1.88 bits per heavy atom. The summed E-state index contributed by atoms with van der Waals surface area (Å²) in [7, 11) is 1.93. The first-order chi connectivity index (χ1) is 12.6. The van der Waals surface area contributed by atoms with Gasteiger partial charge in [-0.2, -0.15) is 0 Å². The van der Waals surface area contributed by atoms with Crippen molar-refractivity contribution in [2.45, 2.75) is 24.4 Å². The van der Waals surface area contributed by atoms with Gasteiger partial charge in [0.25, 0.3) is 0 Å². The molecule has 0 bridgehead atoms. The van der Waals surface area contributed by atoms with Crippen LogP contribution in [0.1, 0.15) is 19.3 Å². The molecule has 1 aromatic heterocycles. The Balaban J connectivity index is 1.49. The highest BCUT2D eigenvalue weighted by molar-refractivity contribution is 7.99. The highest BCUT2D eigenvalue weighted by atomic mass is 32.2. The van der Waals surface area contributed by atoms with Crippen molar-refractivity contribution in [1.29, 1.82) is 0 Å². The molecule has 2 amide bonds. The largest absolute Gasteiger partial charge is 0.369 e. The van der Waals surface area contributed by atoms with Crippen LogP contribution in [-0.4, -0.2) is 50.3 Å². The molecular formula is C18H23N5O2S. The number of aromatic nitrogens is 3. The zero-order chi connectivity index (χ0) is 18.5. The van der Waals surface area contributed by atoms with Crippen LogP contribution in [0.2, 0.25) is 0 Å². The second-order valence-electron chi connectivity index (χ2n) is 6.39. The van der Waals surface area contributed by atoms with Gasteiger partial charge >= 0.3 is 0 Å². The molecule has 2 aromatic rings. The van der Waals surface area contributed by atoms with Crippen LogP contribution in [0.25, 0.3) is 11.4 Å². The van der Waals surface area contributed by atoms with Crippen LogP contribution >= 0.6 is 11.8 Å². The third-order valence-corrected chi connectivity index (χ3v) is 5.69. The van der Waals surface area contributed by atoms with Gasteiger partial charge in [-0.05, 0) is 12.8 Å². The van der Waals surface area contributed by atoms with Crippen molar-refractivity contribution in [2.24, 2.45) is 18.7 Å². The molecule has 0 radical (unpaired) electrons. The third-order valence-electron chi connectivity index (χ3n) is 4.66.